The summed E-state index contributed by atoms with van der Waals surface area (Å²) in [4.78, 5) is 20.9. The van der Waals surface area contributed by atoms with E-state index in [1.165, 1.54) is 60.8 Å². The zero-order chi connectivity index (χ0) is 23.1. The van der Waals surface area contributed by atoms with E-state index in [0.717, 1.165) is 17.8 Å². The van der Waals surface area contributed by atoms with Crippen LogP contribution >= 0.6 is 0 Å². The summed E-state index contributed by atoms with van der Waals surface area (Å²) in [6.07, 6.45) is 6.06. The zero-order valence-corrected chi connectivity index (χ0v) is 18.7. The molecule has 0 radical (unpaired) electrons. The highest BCUT2D eigenvalue weighted by Gasteiger charge is 2.26. The molecule has 32 heavy (non-hydrogen) atoms. The number of furan rings is 1. The molecule has 4 rings (SSSR count). The summed E-state index contributed by atoms with van der Waals surface area (Å²) in [6.45, 7) is 7.00. The van der Waals surface area contributed by atoms with Gasteiger partial charge < -0.3 is 19.5 Å². The van der Waals surface area contributed by atoms with Crippen LogP contribution < -0.4 is 0 Å². The Kier molecular flexibility index (Phi) is 8.06. The number of rotatable bonds is 6. The fourth-order valence-electron chi connectivity index (χ4n) is 4.48. The van der Waals surface area contributed by atoms with Crippen LogP contribution in [0.5, 0.6) is 0 Å². The van der Waals surface area contributed by atoms with Gasteiger partial charge in [-0.2, -0.15) is 0 Å². The van der Waals surface area contributed by atoms with Crippen LogP contribution in [0, 0.1) is 0 Å². The maximum absolute atomic E-state index is 9.10. The molecule has 1 aliphatic rings. The van der Waals surface area contributed by atoms with Crippen molar-refractivity contribution in [2.75, 3.05) is 13.1 Å². The Labute approximate surface area is 188 Å². The lowest BCUT2D eigenvalue weighted by Gasteiger charge is -2.35. The number of para-hydroxylation sites is 1. The molecule has 0 aliphatic heterocycles. The minimum Gasteiger partial charge on any atom is -0.473 e. The van der Waals surface area contributed by atoms with E-state index in [2.05, 4.69) is 61.2 Å². The van der Waals surface area contributed by atoms with E-state index in [9.17, 15) is 0 Å². The summed E-state index contributed by atoms with van der Waals surface area (Å²) < 4.78 is 6.20. The van der Waals surface area contributed by atoms with Crippen LogP contribution in [0.3, 0.4) is 0 Å². The Morgan fingerprint density at radius 1 is 1.00 bits per heavy atom. The summed E-state index contributed by atoms with van der Waals surface area (Å²) in [7, 11) is 0. The number of fused-ring (bicyclic) bond motifs is 2. The fraction of sp³-hybridized carbons (Fsp3) is 0.385. The van der Waals surface area contributed by atoms with Gasteiger partial charge in [0, 0.05) is 17.0 Å². The highest BCUT2D eigenvalue weighted by Crippen LogP contribution is 2.35. The first kappa shape index (κ1) is 23.5. The quantitative estimate of drug-likeness (QED) is 0.513. The molecule has 6 heteroatoms. The largest absolute Gasteiger partial charge is 0.473 e. The van der Waals surface area contributed by atoms with Gasteiger partial charge in [0.15, 0.2) is 0 Å². The van der Waals surface area contributed by atoms with Crippen molar-refractivity contribution in [3.05, 3.63) is 59.7 Å². The standard InChI is InChI=1S/C24H29NO.C2H2O4/c1-3-14-25(15-4-2)20-13-12-18-9-7-10-21(22(18)17-20)24-16-19-8-5-6-11-23(19)26-24;3-1(4)2(5)6/h5-11,16,20H,3-4,12-15,17H2,1-2H3;(H,3,4)(H,5,6). The first-order chi connectivity index (χ1) is 15.4. The van der Waals surface area contributed by atoms with Gasteiger partial charge in [0.2, 0.25) is 0 Å². The molecule has 0 amide bonds. The predicted molar refractivity (Wildman–Crippen MR) is 125 cm³/mol. The summed E-state index contributed by atoms with van der Waals surface area (Å²) in [5, 5.41) is 16.0. The van der Waals surface area contributed by atoms with E-state index in [1.54, 1.807) is 0 Å². The molecule has 1 atom stereocenters. The summed E-state index contributed by atoms with van der Waals surface area (Å²) in [6, 6.07) is 17.9. The molecule has 0 bridgehead atoms. The number of aryl methyl sites for hydroxylation is 1. The third-order valence-corrected chi connectivity index (χ3v) is 5.87. The second kappa shape index (κ2) is 11.0. The molecule has 1 unspecified atom stereocenters. The average molecular weight is 438 g/mol. The lowest BCUT2D eigenvalue weighted by molar-refractivity contribution is -0.159. The second-order valence-corrected chi connectivity index (χ2v) is 8.13. The molecule has 1 heterocycles. The molecule has 3 aromatic rings. The second-order valence-electron chi connectivity index (χ2n) is 8.13. The highest BCUT2D eigenvalue weighted by atomic mass is 16.4. The number of benzene rings is 2. The minimum absolute atomic E-state index is 0.660. The van der Waals surface area contributed by atoms with E-state index in [4.69, 9.17) is 24.2 Å². The van der Waals surface area contributed by atoms with E-state index < -0.39 is 11.9 Å². The van der Waals surface area contributed by atoms with Gasteiger partial charge in [0.1, 0.15) is 11.3 Å². The lowest BCUT2D eigenvalue weighted by atomic mass is 9.84. The van der Waals surface area contributed by atoms with E-state index in [-0.39, 0.29) is 0 Å². The first-order valence-corrected chi connectivity index (χ1v) is 11.2. The van der Waals surface area contributed by atoms with E-state index >= 15 is 0 Å². The SMILES string of the molecule is CCCN(CCC)C1CCc2cccc(-c3cc4ccccc4o3)c2C1.O=C(O)C(=O)O. The lowest BCUT2D eigenvalue weighted by Crippen LogP contribution is -2.40. The third kappa shape index (κ3) is 5.56. The van der Waals surface area contributed by atoms with E-state index in [0.29, 0.717) is 6.04 Å². The van der Waals surface area contributed by atoms with Crippen molar-refractivity contribution in [1.82, 2.24) is 4.90 Å². The number of aliphatic carboxylic acids is 2. The van der Waals surface area contributed by atoms with Gasteiger partial charge >= 0.3 is 11.9 Å². The predicted octanol–water partition coefficient (Wildman–Crippen LogP) is 5.23. The van der Waals surface area contributed by atoms with Crippen LogP contribution in [0.4, 0.5) is 0 Å². The van der Waals surface area contributed by atoms with Crippen molar-refractivity contribution in [3.63, 3.8) is 0 Å². The minimum atomic E-state index is -1.82. The fourth-order valence-corrected chi connectivity index (χ4v) is 4.48. The monoisotopic (exact) mass is 437 g/mol. The first-order valence-electron chi connectivity index (χ1n) is 11.2. The van der Waals surface area contributed by atoms with Crippen LogP contribution in [-0.2, 0) is 22.4 Å². The van der Waals surface area contributed by atoms with Crippen LogP contribution in [0.1, 0.15) is 44.2 Å². The molecule has 6 nitrogen and oxygen atoms in total. The van der Waals surface area contributed by atoms with Gasteiger partial charge in [0.25, 0.3) is 0 Å². The number of carbonyl (C=O) groups is 2. The van der Waals surface area contributed by atoms with Gasteiger partial charge in [-0.05, 0) is 68.5 Å². The molecule has 170 valence electrons. The van der Waals surface area contributed by atoms with Crippen LogP contribution in [0.2, 0.25) is 0 Å². The van der Waals surface area contributed by atoms with Gasteiger partial charge in [-0.3, -0.25) is 0 Å². The Balaban J connectivity index is 0.000000427. The van der Waals surface area contributed by atoms with Crippen LogP contribution in [-0.4, -0.2) is 46.2 Å². The van der Waals surface area contributed by atoms with Gasteiger partial charge in [-0.15, -0.1) is 0 Å². The number of hydrogen-bond donors (Lipinski definition) is 2. The maximum atomic E-state index is 9.10. The Bertz CT molecular complexity index is 1020. The van der Waals surface area contributed by atoms with Crippen molar-refractivity contribution in [2.45, 2.75) is 52.0 Å². The normalized spacial score (nSPS) is 15.2. The Morgan fingerprint density at radius 3 is 2.31 bits per heavy atom. The topological polar surface area (TPSA) is 91.0 Å². The third-order valence-electron chi connectivity index (χ3n) is 5.87. The van der Waals surface area contributed by atoms with Crippen molar-refractivity contribution in [1.29, 1.82) is 0 Å². The Morgan fingerprint density at radius 2 is 1.69 bits per heavy atom. The summed E-state index contributed by atoms with van der Waals surface area (Å²) >= 11 is 0. The van der Waals surface area contributed by atoms with Crippen molar-refractivity contribution in [3.8, 4) is 11.3 Å². The molecule has 0 saturated heterocycles. The number of carboxylic acids is 2. The number of nitrogens with zero attached hydrogens (tertiary/aromatic N) is 1. The van der Waals surface area contributed by atoms with Gasteiger partial charge in [-0.25, -0.2) is 9.59 Å². The molecule has 1 aliphatic carbocycles. The molecular formula is C26H31NO5. The van der Waals surface area contributed by atoms with E-state index in [1.807, 2.05) is 6.07 Å². The van der Waals surface area contributed by atoms with Gasteiger partial charge in [-0.1, -0.05) is 50.2 Å². The Hall–Kier alpha value is -3.12. The molecule has 0 spiro atoms. The van der Waals surface area contributed by atoms with Crippen molar-refractivity contribution >= 4 is 22.9 Å². The maximum Gasteiger partial charge on any atom is 0.414 e. The number of hydrogen-bond acceptors (Lipinski definition) is 4. The van der Waals surface area contributed by atoms with Gasteiger partial charge in [0.05, 0.1) is 0 Å². The summed E-state index contributed by atoms with van der Waals surface area (Å²) in [5.74, 6) is -2.63. The molecular weight excluding hydrogens is 406 g/mol. The highest BCUT2D eigenvalue weighted by molar-refractivity contribution is 6.27. The molecule has 2 aromatic carbocycles. The molecule has 1 aromatic heterocycles. The van der Waals surface area contributed by atoms with Crippen molar-refractivity contribution < 1.29 is 24.2 Å². The zero-order valence-electron chi connectivity index (χ0n) is 18.7. The smallest absolute Gasteiger partial charge is 0.414 e. The summed E-state index contributed by atoms with van der Waals surface area (Å²) in [5.41, 5.74) is 5.27. The molecule has 0 fully saturated rings. The molecule has 0 saturated carbocycles. The van der Waals surface area contributed by atoms with Crippen molar-refractivity contribution in [2.24, 2.45) is 0 Å². The van der Waals surface area contributed by atoms with Crippen LogP contribution in [0.25, 0.3) is 22.3 Å². The molecule has 2 N–H and O–H groups in total. The number of carboxylic acid groups (broad SMARTS) is 2. The van der Waals surface area contributed by atoms with Crippen LogP contribution in [0.15, 0.2) is 52.9 Å². The average Bonchev–Trinajstić information content (AvgIpc) is 3.22.